The van der Waals surface area contributed by atoms with Gasteiger partial charge < -0.3 is 25.0 Å². The van der Waals surface area contributed by atoms with Gasteiger partial charge in [-0.3, -0.25) is 0 Å². The number of β-amino-alcohol motifs (C(OH)–C–C–N with tert-alkyl or cyclic N) is 1. The first-order chi connectivity index (χ1) is 16.8. The zero-order valence-corrected chi connectivity index (χ0v) is 21.4. The average molecular weight is 524 g/mol. The second kappa shape index (κ2) is 11.8. The van der Waals surface area contributed by atoms with E-state index in [1.807, 2.05) is 12.1 Å². The van der Waals surface area contributed by atoms with Crippen LogP contribution in [-0.4, -0.2) is 66.9 Å². The second-order valence-corrected chi connectivity index (χ2v) is 10.2. The Kier molecular flexibility index (Phi) is 8.76. The molecular weight excluding hydrogens is 492 g/mol. The standard InChI is InChI=1S/C26H32Cl2FN3O3/c1-35-20-4-2-17(3-5-20)18-6-10-31(11-7-18)16-25(33)19-8-12-32(13-9-19)26(34)30-24-15-22(28)21(27)14-23(24)29/h2-5,14-15,18-19,25,33H,6-13,16H2,1H3,(H,30,34). The molecule has 0 saturated carbocycles. The van der Waals surface area contributed by atoms with Crippen LogP contribution in [0.3, 0.4) is 0 Å². The lowest BCUT2D eigenvalue weighted by Gasteiger charge is -2.38. The number of carbonyl (C=O) groups is 1. The minimum Gasteiger partial charge on any atom is -0.497 e. The fraction of sp³-hybridized carbons (Fsp3) is 0.500. The molecule has 2 aromatic rings. The van der Waals surface area contributed by atoms with Crippen LogP contribution >= 0.6 is 23.2 Å². The SMILES string of the molecule is COc1ccc(C2CCN(CC(O)C3CCN(C(=O)Nc4cc(Cl)c(Cl)cc4F)CC3)CC2)cc1. The third-order valence-electron chi connectivity index (χ3n) is 7.24. The van der Waals surface area contributed by atoms with Crippen molar-refractivity contribution in [3.63, 3.8) is 0 Å². The number of amides is 2. The Hall–Kier alpha value is -2.06. The molecule has 2 aliphatic heterocycles. The van der Waals surface area contributed by atoms with E-state index in [0.29, 0.717) is 38.4 Å². The molecule has 0 spiro atoms. The number of ether oxygens (including phenoxy) is 1. The number of nitrogens with one attached hydrogen (secondary N) is 1. The summed E-state index contributed by atoms with van der Waals surface area (Å²) in [5, 5.41) is 13.7. The van der Waals surface area contributed by atoms with Crippen molar-refractivity contribution in [2.45, 2.75) is 37.7 Å². The highest BCUT2D eigenvalue weighted by atomic mass is 35.5. The van der Waals surface area contributed by atoms with Crippen molar-refractivity contribution in [1.82, 2.24) is 9.80 Å². The highest BCUT2D eigenvalue weighted by molar-refractivity contribution is 6.42. The molecule has 0 aliphatic carbocycles. The summed E-state index contributed by atoms with van der Waals surface area (Å²) in [6.07, 6.45) is 3.14. The number of nitrogens with zero attached hydrogens (tertiary/aromatic N) is 2. The fourth-order valence-electron chi connectivity index (χ4n) is 5.04. The molecule has 2 amide bonds. The predicted molar refractivity (Wildman–Crippen MR) is 137 cm³/mol. The molecule has 1 atom stereocenters. The molecule has 2 heterocycles. The number of likely N-dealkylation sites (tertiary alicyclic amines) is 2. The van der Waals surface area contributed by atoms with Gasteiger partial charge in [-0.2, -0.15) is 0 Å². The molecule has 0 bridgehead atoms. The van der Waals surface area contributed by atoms with E-state index < -0.39 is 11.9 Å². The normalized spacial score (nSPS) is 18.9. The van der Waals surface area contributed by atoms with Gasteiger partial charge >= 0.3 is 6.03 Å². The first kappa shape index (κ1) is 26.0. The molecule has 0 radical (unpaired) electrons. The molecule has 4 rings (SSSR count). The minimum absolute atomic E-state index is 0.00426. The Bertz CT molecular complexity index is 1010. The molecule has 35 heavy (non-hydrogen) atoms. The van der Waals surface area contributed by atoms with Crippen LogP contribution in [-0.2, 0) is 0 Å². The summed E-state index contributed by atoms with van der Waals surface area (Å²) >= 11 is 11.7. The zero-order chi connectivity index (χ0) is 24.9. The molecule has 2 aromatic carbocycles. The van der Waals surface area contributed by atoms with Gasteiger partial charge in [-0.15, -0.1) is 0 Å². The van der Waals surface area contributed by atoms with E-state index in [-0.39, 0.29) is 27.7 Å². The van der Waals surface area contributed by atoms with Gasteiger partial charge in [0.2, 0.25) is 0 Å². The Morgan fingerprint density at radius 3 is 2.34 bits per heavy atom. The number of anilines is 1. The summed E-state index contributed by atoms with van der Waals surface area (Å²) in [4.78, 5) is 16.6. The molecule has 1 unspecified atom stereocenters. The minimum atomic E-state index is -0.631. The van der Waals surface area contributed by atoms with Crippen molar-refractivity contribution < 1.29 is 19.0 Å². The lowest BCUT2D eigenvalue weighted by Crippen LogP contribution is -2.46. The van der Waals surface area contributed by atoms with Gasteiger partial charge in [-0.25, -0.2) is 9.18 Å². The number of aliphatic hydroxyl groups excluding tert-OH is 1. The number of hydrogen-bond acceptors (Lipinski definition) is 4. The maximum atomic E-state index is 14.1. The summed E-state index contributed by atoms with van der Waals surface area (Å²) < 4.78 is 19.3. The van der Waals surface area contributed by atoms with Crippen molar-refractivity contribution in [3.8, 4) is 5.75 Å². The van der Waals surface area contributed by atoms with Crippen LogP contribution in [0.4, 0.5) is 14.9 Å². The van der Waals surface area contributed by atoms with E-state index in [1.165, 1.54) is 11.6 Å². The molecule has 2 aliphatic rings. The topological polar surface area (TPSA) is 65.0 Å². The molecule has 2 N–H and O–H groups in total. The predicted octanol–water partition coefficient (Wildman–Crippen LogP) is 5.63. The number of rotatable bonds is 6. The van der Waals surface area contributed by atoms with Crippen LogP contribution in [0, 0.1) is 11.7 Å². The number of hydrogen-bond donors (Lipinski definition) is 2. The summed E-state index contributed by atoms with van der Waals surface area (Å²) in [6, 6.07) is 10.3. The summed E-state index contributed by atoms with van der Waals surface area (Å²) in [6.45, 7) is 3.60. The van der Waals surface area contributed by atoms with Gasteiger partial charge in [0.15, 0.2) is 0 Å². The molecule has 2 fully saturated rings. The number of halogens is 3. The van der Waals surface area contributed by atoms with Gasteiger partial charge in [0.1, 0.15) is 11.6 Å². The molecule has 190 valence electrons. The maximum absolute atomic E-state index is 14.1. The number of urea groups is 1. The van der Waals surface area contributed by atoms with Crippen molar-refractivity contribution in [3.05, 3.63) is 57.8 Å². The van der Waals surface area contributed by atoms with Gasteiger partial charge in [0.25, 0.3) is 0 Å². The van der Waals surface area contributed by atoms with Crippen molar-refractivity contribution in [2.24, 2.45) is 5.92 Å². The molecular formula is C26H32Cl2FN3O3. The molecule has 9 heteroatoms. The van der Waals surface area contributed by atoms with Crippen LogP contribution in [0.2, 0.25) is 10.0 Å². The monoisotopic (exact) mass is 523 g/mol. The van der Waals surface area contributed by atoms with Crippen LogP contribution in [0.5, 0.6) is 5.75 Å². The number of carbonyl (C=O) groups excluding carboxylic acids is 1. The summed E-state index contributed by atoms with van der Waals surface area (Å²) in [7, 11) is 1.68. The third-order valence-corrected chi connectivity index (χ3v) is 7.96. The number of piperidine rings is 2. The van der Waals surface area contributed by atoms with E-state index in [4.69, 9.17) is 27.9 Å². The van der Waals surface area contributed by atoms with E-state index in [9.17, 15) is 14.3 Å². The molecule has 6 nitrogen and oxygen atoms in total. The highest BCUT2D eigenvalue weighted by Crippen LogP contribution is 2.31. The van der Waals surface area contributed by atoms with E-state index in [2.05, 4.69) is 22.3 Å². The first-order valence-corrected chi connectivity index (χ1v) is 12.8. The van der Waals surface area contributed by atoms with Crippen molar-refractivity contribution in [2.75, 3.05) is 45.2 Å². The Morgan fingerprint density at radius 2 is 1.71 bits per heavy atom. The second-order valence-electron chi connectivity index (χ2n) is 9.42. The average Bonchev–Trinajstić information content (AvgIpc) is 2.88. The van der Waals surface area contributed by atoms with Crippen LogP contribution < -0.4 is 10.1 Å². The smallest absolute Gasteiger partial charge is 0.321 e. The van der Waals surface area contributed by atoms with Crippen LogP contribution in [0.1, 0.15) is 37.2 Å². The lowest BCUT2D eigenvalue weighted by atomic mass is 9.88. The summed E-state index contributed by atoms with van der Waals surface area (Å²) in [5.41, 5.74) is 1.35. The molecule has 2 saturated heterocycles. The Morgan fingerprint density at radius 1 is 1.09 bits per heavy atom. The third kappa shape index (κ3) is 6.58. The number of benzene rings is 2. The van der Waals surface area contributed by atoms with Gasteiger partial charge in [-0.05, 0) is 80.4 Å². The van der Waals surface area contributed by atoms with Gasteiger partial charge in [0, 0.05) is 19.6 Å². The first-order valence-electron chi connectivity index (χ1n) is 12.1. The van der Waals surface area contributed by atoms with Crippen LogP contribution in [0.25, 0.3) is 0 Å². The van der Waals surface area contributed by atoms with E-state index in [0.717, 1.165) is 37.7 Å². The van der Waals surface area contributed by atoms with Gasteiger partial charge in [0.05, 0.1) is 28.9 Å². The van der Waals surface area contributed by atoms with Crippen molar-refractivity contribution >= 4 is 34.9 Å². The largest absolute Gasteiger partial charge is 0.497 e. The van der Waals surface area contributed by atoms with Crippen LogP contribution in [0.15, 0.2) is 36.4 Å². The highest BCUT2D eigenvalue weighted by Gasteiger charge is 2.30. The van der Waals surface area contributed by atoms with Crippen molar-refractivity contribution in [1.29, 1.82) is 0 Å². The van der Waals surface area contributed by atoms with E-state index in [1.54, 1.807) is 12.0 Å². The number of methoxy groups -OCH3 is 1. The maximum Gasteiger partial charge on any atom is 0.321 e. The Labute approximate surface area is 215 Å². The van der Waals surface area contributed by atoms with Gasteiger partial charge in [-0.1, -0.05) is 35.3 Å². The summed E-state index contributed by atoms with van der Waals surface area (Å²) in [5.74, 6) is 0.921. The quantitative estimate of drug-likeness (QED) is 0.482. The fourth-order valence-corrected chi connectivity index (χ4v) is 5.35. The zero-order valence-electron chi connectivity index (χ0n) is 19.9. The Balaban J connectivity index is 1.20. The van der Waals surface area contributed by atoms with E-state index >= 15 is 0 Å². The number of aliphatic hydroxyl groups is 1. The lowest BCUT2D eigenvalue weighted by molar-refractivity contribution is 0.0315. The molecule has 0 aromatic heterocycles.